The summed E-state index contributed by atoms with van der Waals surface area (Å²) in [6.07, 6.45) is 1.01. The third-order valence-electron chi connectivity index (χ3n) is 4.63. The maximum Gasteiger partial charge on any atom is 0.262 e. The summed E-state index contributed by atoms with van der Waals surface area (Å²) in [7, 11) is 1.55. The van der Waals surface area contributed by atoms with Gasteiger partial charge in [-0.3, -0.25) is 4.79 Å². The number of nitrogens with one attached hydrogen (secondary N) is 2. The molecule has 0 unspecified atom stereocenters. The molecule has 0 saturated carbocycles. The van der Waals surface area contributed by atoms with E-state index in [-0.39, 0.29) is 18.1 Å². The molecule has 0 saturated heterocycles. The van der Waals surface area contributed by atoms with Gasteiger partial charge >= 0.3 is 0 Å². The highest BCUT2D eigenvalue weighted by Crippen LogP contribution is 2.36. The standard InChI is InChI=1S/C22H29ClN2O3/c1-6-22(3,4)24-13-16-11-18(23)21(19(12-16)27-5)28-14-20(26)25-17-9-7-15(2)8-10-17/h7-12,24H,6,13-14H2,1-5H3,(H,25,26). The Balaban J connectivity index is 2.02. The van der Waals surface area contributed by atoms with Crippen molar-refractivity contribution in [1.29, 1.82) is 0 Å². The van der Waals surface area contributed by atoms with E-state index in [0.717, 1.165) is 23.2 Å². The zero-order chi connectivity index (χ0) is 20.7. The first-order valence-electron chi connectivity index (χ1n) is 9.35. The average Bonchev–Trinajstić information content (AvgIpc) is 2.67. The van der Waals surface area contributed by atoms with E-state index in [9.17, 15) is 4.79 Å². The number of amides is 1. The number of aryl methyl sites for hydroxylation is 1. The number of ether oxygens (including phenoxy) is 2. The molecule has 0 fully saturated rings. The first-order chi connectivity index (χ1) is 13.2. The van der Waals surface area contributed by atoms with Crippen LogP contribution in [-0.4, -0.2) is 25.2 Å². The maximum absolute atomic E-state index is 12.2. The van der Waals surface area contributed by atoms with Gasteiger partial charge in [-0.2, -0.15) is 0 Å². The highest BCUT2D eigenvalue weighted by Gasteiger charge is 2.17. The smallest absolute Gasteiger partial charge is 0.262 e. The van der Waals surface area contributed by atoms with Gasteiger partial charge in [0.2, 0.25) is 0 Å². The molecule has 0 aliphatic rings. The summed E-state index contributed by atoms with van der Waals surface area (Å²) in [6, 6.07) is 11.3. The second-order valence-corrected chi connectivity index (χ2v) is 7.81. The molecule has 0 atom stereocenters. The van der Waals surface area contributed by atoms with Gasteiger partial charge in [-0.25, -0.2) is 0 Å². The van der Waals surface area contributed by atoms with Crippen molar-refractivity contribution in [3.63, 3.8) is 0 Å². The van der Waals surface area contributed by atoms with E-state index < -0.39 is 0 Å². The third kappa shape index (κ3) is 6.43. The van der Waals surface area contributed by atoms with E-state index in [2.05, 4.69) is 31.4 Å². The number of halogens is 1. The van der Waals surface area contributed by atoms with Crippen LogP contribution in [0, 0.1) is 6.92 Å². The molecule has 0 heterocycles. The summed E-state index contributed by atoms with van der Waals surface area (Å²) in [4.78, 5) is 12.2. The zero-order valence-electron chi connectivity index (χ0n) is 17.2. The molecular formula is C22H29ClN2O3. The molecule has 0 aromatic heterocycles. The number of anilines is 1. The summed E-state index contributed by atoms with van der Waals surface area (Å²) in [5.74, 6) is 0.598. The van der Waals surface area contributed by atoms with Gasteiger partial charge in [0.05, 0.1) is 12.1 Å². The molecule has 2 aromatic carbocycles. The largest absolute Gasteiger partial charge is 0.493 e. The SMILES string of the molecule is CCC(C)(C)NCc1cc(Cl)c(OCC(=O)Nc2ccc(C)cc2)c(OC)c1. The van der Waals surface area contributed by atoms with Gasteiger partial charge in [0.25, 0.3) is 5.91 Å². The van der Waals surface area contributed by atoms with Crippen LogP contribution in [0.1, 0.15) is 38.3 Å². The van der Waals surface area contributed by atoms with Crippen molar-refractivity contribution in [2.24, 2.45) is 0 Å². The van der Waals surface area contributed by atoms with Gasteiger partial charge in [-0.15, -0.1) is 0 Å². The number of carbonyl (C=O) groups is 1. The fraction of sp³-hybridized carbons (Fsp3) is 0.409. The number of hydrogen-bond acceptors (Lipinski definition) is 4. The lowest BCUT2D eigenvalue weighted by Gasteiger charge is -2.25. The van der Waals surface area contributed by atoms with Gasteiger partial charge in [-0.05, 0) is 57.0 Å². The van der Waals surface area contributed by atoms with E-state index in [1.54, 1.807) is 7.11 Å². The lowest BCUT2D eigenvalue weighted by Crippen LogP contribution is -2.37. The van der Waals surface area contributed by atoms with Crippen molar-refractivity contribution in [2.75, 3.05) is 19.0 Å². The van der Waals surface area contributed by atoms with Crippen LogP contribution < -0.4 is 20.1 Å². The highest BCUT2D eigenvalue weighted by molar-refractivity contribution is 6.32. The lowest BCUT2D eigenvalue weighted by atomic mass is 10.0. The summed E-state index contributed by atoms with van der Waals surface area (Å²) < 4.78 is 11.1. The molecular weight excluding hydrogens is 376 g/mol. The Hall–Kier alpha value is -2.24. The minimum atomic E-state index is -0.266. The molecule has 28 heavy (non-hydrogen) atoms. The van der Waals surface area contributed by atoms with Crippen molar-refractivity contribution < 1.29 is 14.3 Å². The molecule has 0 aliphatic heterocycles. The second-order valence-electron chi connectivity index (χ2n) is 7.40. The normalized spacial score (nSPS) is 11.2. The van der Waals surface area contributed by atoms with E-state index in [1.807, 2.05) is 43.3 Å². The minimum Gasteiger partial charge on any atom is -0.493 e. The number of hydrogen-bond donors (Lipinski definition) is 2. The fourth-order valence-corrected chi connectivity index (χ4v) is 2.74. The van der Waals surface area contributed by atoms with Crippen molar-refractivity contribution in [1.82, 2.24) is 5.32 Å². The van der Waals surface area contributed by atoms with Gasteiger partial charge in [0, 0.05) is 17.8 Å². The Morgan fingerprint density at radius 2 is 1.86 bits per heavy atom. The van der Waals surface area contributed by atoms with E-state index >= 15 is 0 Å². The molecule has 2 rings (SSSR count). The molecule has 152 valence electrons. The predicted octanol–water partition coefficient (Wildman–Crippen LogP) is 4.95. The molecule has 5 nitrogen and oxygen atoms in total. The Labute approximate surface area is 172 Å². The Morgan fingerprint density at radius 3 is 2.46 bits per heavy atom. The van der Waals surface area contributed by atoms with Crippen molar-refractivity contribution in [2.45, 2.75) is 46.2 Å². The average molecular weight is 405 g/mol. The van der Waals surface area contributed by atoms with Crippen LogP contribution >= 0.6 is 11.6 Å². The quantitative estimate of drug-likeness (QED) is 0.620. The van der Waals surface area contributed by atoms with Gasteiger partial charge in [0.15, 0.2) is 18.1 Å². The van der Waals surface area contributed by atoms with Crippen LogP contribution in [0.2, 0.25) is 5.02 Å². The van der Waals surface area contributed by atoms with E-state index in [4.69, 9.17) is 21.1 Å². The summed E-state index contributed by atoms with van der Waals surface area (Å²) in [5.41, 5.74) is 2.86. The summed E-state index contributed by atoms with van der Waals surface area (Å²) in [5, 5.41) is 6.69. The number of rotatable bonds is 9. The molecule has 2 aromatic rings. The molecule has 0 bridgehead atoms. The zero-order valence-corrected chi connectivity index (χ0v) is 17.9. The highest BCUT2D eigenvalue weighted by atomic mass is 35.5. The summed E-state index contributed by atoms with van der Waals surface area (Å²) in [6.45, 7) is 8.92. The fourth-order valence-electron chi connectivity index (χ4n) is 2.45. The Bertz CT molecular complexity index is 804. The summed E-state index contributed by atoms with van der Waals surface area (Å²) >= 11 is 6.39. The third-order valence-corrected chi connectivity index (χ3v) is 4.91. The predicted molar refractivity (Wildman–Crippen MR) is 115 cm³/mol. The number of methoxy groups -OCH3 is 1. The molecule has 0 radical (unpaired) electrons. The number of carbonyl (C=O) groups excluding carboxylic acids is 1. The van der Waals surface area contributed by atoms with Gasteiger partial charge in [-0.1, -0.05) is 36.2 Å². The molecule has 6 heteroatoms. The monoisotopic (exact) mass is 404 g/mol. The van der Waals surface area contributed by atoms with Crippen molar-refractivity contribution in [3.8, 4) is 11.5 Å². The van der Waals surface area contributed by atoms with Crippen LogP contribution in [0.5, 0.6) is 11.5 Å². The first kappa shape index (κ1) is 22.1. The van der Waals surface area contributed by atoms with Gasteiger partial charge < -0.3 is 20.1 Å². The lowest BCUT2D eigenvalue weighted by molar-refractivity contribution is -0.118. The molecule has 0 aliphatic carbocycles. The van der Waals surface area contributed by atoms with Crippen LogP contribution in [0.3, 0.4) is 0 Å². The Morgan fingerprint density at radius 1 is 1.18 bits per heavy atom. The van der Waals surface area contributed by atoms with Crippen LogP contribution in [0.4, 0.5) is 5.69 Å². The minimum absolute atomic E-state index is 0.0307. The van der Waals surface area contributed by atoms with Gasteiger partial charge in [0.1, 0.15) is 0 Å². The molecule has 0 spiro atoms. The first-order valence-corrected chi connectivity index (χ1v) is 9.72. The molecule has 1 amide bonds. The van der Waals surface area contributed by atoms with Crippen molar-refractivity contribution in [3.05, 3.63) is 52.5 Å². The van der Waals surface area contributed by atoms with Crippen LogP contribution in [0.15, 0.2) is 36.4 Å². The maximum atomic E-state index is 12.2. The Kier molecular flexibility index (Phi) is 7.72. The topological polar surface area (TPSA) is 59.6 Å². The van der Waals surface area contributed by atoms with Crippen LogP contribution in [0.25, 0.3) is 0 Å². The van der Waals surface area contributed by atoms with E-state index in [0.29, 0.717) is 23.1 Å². The molecule has 2 N–H and O–H groups in total. The van der Waals surface area contributed by atoms with Crippen molar-refractivity contribution >= 4 is 23.2 Å². The van der Waals surface area contributed by atoms with Crippen LogP contribution in [-0.2, 0) is 11.3 Å². The second kappa shape index (κ2) is 9.80. The van der Waals surface area contributed by atoms with E-state index in [1.165, 1.54) is 0 Å². The number of benzene rings is 2.